The minimum atomic E-state index is -4.54. The molecule has 60 heavy (non-hydrogen) atoms. The van der Waals surface area contributed by atoms with E-state index in [1.54, 1.807) is 0 Å². The Bertz CT molecular complexity index is 1140. The summed E-state index contributed by atoms with van der Waals surface area (Å²) < 4.78 is 34.7. The van der Waals surface area contributed by atoms with Crippen molar-refractivity contribution in [1.29, 1.82) is 0 Å². The highest BCUT2D eigenvalue weighted by atomic mass is 31.2. The third-order valence-corrected chi connectivity index (χ3v) is 11.3. The number of esters is 1. The molecule has 9 heteroatoms. The predicted molar refractivity (Wildman–Crippen MR) is 254 cm³/mol. The quantitative estimate of drug-likeness (QED) is 0.0198. The topological polar surface area (TPSA) is 94.1 Å². The average Bonchev–Trinajstić information content (AvgIpc) is 3.20. The largest absolute Gasteiger partial charge is 0.756 e. The van der Waals surface area contributed by atoms with Gasteiger partial charge in [0, 0.05) is 13.0 Å². The lowest BCUT2D eigenvalue weighted by atomic mass is 10.1. The number of phosphoric ester groups is 1. The molecule has 0 amide bonds. The molecule has 2 unspecified atom stereocenters. The number of rotatable bonds is 45. The lowest BCUT2D eigenvalue weighted by Gasteiger charge is -2.28. The minimum absolute atomic E-state index is 0.0197. The Morgan fingerprint density at radius 1 is 0.517 bits per heavy atom. The van der Waals surface area contributed by atoms with E-state index in [1.165, 1.54) is 116 Å². The van der Waals surface area contributed by atoms with Crippen molar-refractivity contribution in [2.45, 2.75) is 206 Å². The molecule has 8 nitrogen and oxygen atoms in total. The van der Waals surface area contributed by atoms with Crippen molar-refractivity contribution in [1.82, 2.24) is 0 Å². The van der Waals surface area contributed by atoms with Crippen LogP contribution in [0.5, 0.6) is 0 Å². The highest BCUT2D eigenvalue weighted by Gasteiger charge is 2.20. The first-order valence-electron chi connectivity index (χ1n) is 24.5. The zero-order valence-corrected chi connectivity index (χ0v) is 40.5. The second-order valence-electron chi connectivity index (χ2n) is 17.5. The number of carbonyl (C=O) groups excluding carboxylic acids is 1. The molecule has 0 fully saturated rings. The maximum Gasteiger partial charge on any atom is 0.306 e. The van der Waals surface area contributed by atoms with E-state index in [9.17, 15) is 14.3 Å². The summed E-state index contributed by atoms with van der Waals surface area (Å²) in [5.74, 6) is -0.349. The van der Waals surface area contributed by atoms with Crippen molar-refractivity contribution < 1.29 is 37.3 Å². The Morgan fingerprint density at radius 3 is 1.40 bits per heavy atom. The highest BCUT2D eigenvalue weighted by molar-refractivity contribution is 7.45. The van der Waals surface area contributed by atoms with Gasteiger partial charge < -0.3 is 27.9 Å². The van der Waals surface area contributed by atoms with Crippen LogP contribution in [0.2, 0.25) is 0 Å². The Hall–Kier alpha value is -1.80. The summed E-state index contributed by atoms with van der Waals surface area (Å²) in [5.41, 5.74) is 0. The van der Waals surface area contributed by atoms with Crippen molar-refractivity contribution in [2.75, 3.05) is 54.1 Å². The first-order valence-corrected chi connectivity index (χ1v) is 26.0. The molecule has 350 valence electrons. The normalized spacial score (nSPS) is 14.2. The smallest absolute Gasteiger partial charge is 0.306 e. The Labute approximate surface area is 370 Å². The molecule has 0 aromatic heterocycles. The van der Waals surface area contributed by atoms with Gasteiger partial charge in [-0.2, -0.15) is 0 Å². The summed E-state index contributed by atoms with van der Waals surface area (Å²) >= 11 is 0. The molecule has 0 aliphatic carbocycles. The minimum Gasteiger partial charge on any atom is -0.756 e. The van der Waals surface area contributed by atoms with Gasteiger partial charge in [-0.15, -0.1) is 0 Å². The van der Waals surface area contributed by atoms with Crippen molar-refractivity contribution in [3.63, 3.8) is 0 Å². The van der Waals surface area contributed by atoms with Crippen LogP contribution in [0.25, 0.3) is 0 Å². The molecule has 0 saturated heterocycles. The van der Waals surface area contributed by atoms with Crippen molar-refractivity contribution >= 4 is 13.8 Å². The van der Waals surface area contributed by atoms with Crippen LogP contribution in [-0.4, -0.2) is 70.7 Å². The van der Waals surface area contributed by atoms with E-state index in [1.807, 2.05) is 21.1 Å². The van der Waals surface area contributed by atoms with Gasteiger partial charge in [0.15, 0.2) is 0 Å². The van der Waals surface area contributed by atoms with Crippen LogP contribution < -0.4 is 4.89 Å². The van der Waals surface area contributed by atoms with E-state index >= 15 is 0 Å². The summed E-state index contributed by atoms with van der Waals surface area (Å²) in [4.78, 5) is 25.1. The lowest BCUT2D eigenvalue weighted by molar-refractivity contribution is -0.870. The number of unbranched alkanes of at least 4 members (excludes halogenated alkanes) is 21. The molecule has 2 atom stereocenters. The van der Waals surface area contributed by atoms with E-state index in [-0.39, 0.29) is 25.8 Å². The molecule has 0 heterocycles. The monoisotopic (exact) mass is 864 g/mol. The van der Waals surface area contributed by atoms with E-state index in [2.05, 4.69) is 74.6 Å². The summed E-state index contributed by atoms with van der Waals surface area (Å²) in [6, 6.07) is 0. The number of nitrogens with zero attached hydrogens (tertiary/aromatic N) is 1. The predicted octanol–water partition coefficient (Wildman–Crippen LogP) is 14.3. The molecule has 0 spiro atoms. The summed E-state index contributed by atoms with van der Waals surface area (Å²) in [6.07, 6.45) is 55.2. The zero-order chi connectivity index (χ0) is 44.1. The van der Waals surface area contributed by atoms with Crippen molar-refractivity contribution in [3.8, 4) is 0 Å². The number of hydrogen-bond donors (Lipinski definition) is 0. The van der Waals surface area contributed by atoms with Crippen molar-refractivity contribution in [3.05, 3.63) is 60.8 Å². The molecule has 0 rings (SSSR count). The molecule has 0 N–H and O–H groups in total. The second kappa shape index (κ2) is 43.8. The molecule has 0 aliphatic heterocycles. The van der Waals surface area contributed by atoms with Gasteiger partial charge in [0.1, 0.15) is 19.3 Å². The van der Waals surface area contributed by atoms with Crippen molar-refractivity contribution in [2.24, 2.45) is 0 Å². The van der Waals surface area contributed by atoms with Gasteiger partial charge in [-0.1, -0.05) is 171 Å². The van der Waals surface area contributed by atoms with Crippen LogP contribution in [0.15, 0.2) is 60.8 Å². The Kier molecular flexibility index (Phi) is 42.5. The number of likely N-dealkylation sites (N-methyl/N-ethyl adjacent to an activating group) is 1. The van der Waals surface area contributed by atoms with Gasteiger partial charge >= 0.3 is 5.97 Å². The maximum atomic E-state index is 12.7. The number of phosphoric acid groups is 1. The number of quaternary nitrogens is 1. The summed E-state index contributed by atoms with van der Waals surface area (Å²) in [6.45, 7) is 5.34. The fourth-order valence-electron chi connectivity index (χ4n) is 6.47. The van der Waals surface area contributed by atoms with Crippen LogP contribution in [0.4, 0.5) is 0 Å². The van der Waals surface area contributed by atoms with Gasteiger partial charge in [0.25, 0.3) is 7.82 Å². The van der Waals surface area contributed by atoms with Crippen LogP contribution in [0, 0.1) is 0 Å². The zero-order valence-electron chi connectivity index (χ0n) is 39.6. The number of ether oxygens (including phenoxy) is 2. The molecular formula is C51H94NO7P. The average molecular weight is 864 g/mol. The number of carbonyl (C=O) groups is 1. The standard InChI is InChI=1S/C51H94NO7P/c1-6-8-10-12-14-16-18-20-22-24-26-28-30-32-34-36-38-40-42-44-51(53)59-50(49-58-60(54,55)57-47-45-52(3,4)5)48-56-46-43-41-39-37-35-33-31-29-27-25-23-21-19-17-15-13-11-9-7-2/h14,16-17,19-20,22-23,25-26,28,50H,6-13,15,18,21,24,27,29-49H2,1-5H3/b16-14-,19-17-,22-20-,25-23-,28-26-. The number of hydrogen-bond acceptors (Lipinski definition) is 7. The molecule has 0 aromatic carbocycles. The van der Waals surface area contributed by atoms with Crippen LogP contribution in [0.3, 0.4) is 0 Å². The third-order valence-electron chi connectivity index (χ3n) is 10.3. The first kappa shape index (κ1) is 58.2. The van der Waals surface area contributed by atoms with E-state index in [4.69, 9.17) is 18.5 Å². The van der Waals surface area contributed by atoms with Crippen LogP contribution >= 0.6 is 7.82 Å². The molecular weight excluding hydrogens is 770 g/mol. The fraction of sp³-hybridized carbons (Fsp3) is 0.784. The molecule has 0 bridgehead atoms. The van der Waals surface area contributed by atoms with E-state index in [0.29, 0.717) is 24.1 Å². The SMILES string of the molecule is CCCCC/C=C\C/C=C\C/C=C\CCCCCCCCC(=O)OC(COCCCCCCCCCC/C=C\C/C=C\CCCCCC)COP(=O)([O-])OCC[N+](C)(C)C. The summed E-state index contributed by atoms with van der Waals surface area (Å²) in [5, 5.41) is 0. The van der Waals surface area contributed by atoms with Crippen LogP contribution in [-0.2, 0) is 27.9 Å². The molecule has 0 saturated carbocycles. The van der Waals surface area contributed by atoms with E-state index in [0.717, 1.165) is 64.2 Å². The molecule has 0 radical (unpaired) electrons. The van der Waals surface area contributed by atoms with Crippen LogP contribution in [0.1, 0.15) is 200 Å². The number of allylic oxidation sites excluding steroid dienone is 10. The summed E-state index contributed by atoms with van der Waals surface area (Å²) in [7, 11) is 1.34. The third kappa shape index (κ3) is 47.3. The molecule has 0 aliphatic rings. The fourth-order valence-corrected chi connectivity index (χ4v) is 7.19. The Balaban J connectivity index is 4.23. The van der Waals surface area contributed by atoms with Gasteiger partial charge in [0.05, 0.1) is 34.4 Å². The van der Waals surface area contributed by atoms with Gasteiger partial charge in [-0.3, -0.25) is 9.36 Å². The van der Waals surface area contributed by atoms with Gasteiger partial charge in [-0.25, -0.2) is 0 Å². The highest BCUT2D eigenvalue weighted by Crippen LogP contribution is 2.38. The van der Waals surface area contributed by atoms with E-state index < -0.39 is 13.9 Å². The van der Waals surface area contributed by atoms with Gasteiger partial charge in [-0.05, 0) is 83.5 Å². The lowest BCUT2D eigenvalue weighted by Crippen LogP contribution is -2.37. The maximum absolute atomic E-state index is 12.7. The Morgan fingerprint density at radius 2 is 0.917 bits per heavy atom. The molecule has 0 aromatic rings. The van der Waals surface area contributed by atoms with Gasteiger partial charge in [0.2, 0.25) is 0 Å². The second-order valence-corrected chi connectivity index (χ2v) is 18.9. The first-order chi connectivity index (χ1) is 29.1.